The standard InChI is InChI=1S/C33H41N5O6S/c1-37(2)17-7-15-34-26-13-14-27(35-16-8-18-38(3)4)30-29(26)31(39)23-11-9-21(19-24(23)32(30)40)33(41)36-25-12-10-22(45(6,42)43)20-28(25)44-5/h9-14,19-20,34-35H,7-8,15-18H2,1-6H3,(H,36,41). The fourth-order valence-corrected chi connectivity index (χ4v) is 5.78. The summed E-state index contributed by atoms with van der Waals surface area (Å²) in [6, 6.07) is 12.2. The Balaban J connectivity index is 1.67. The molecule has 0 saturated carbocycles. The summed E-state index contributed by atoms with van der Waals surface area (Å²) in [5.74, 6) is -1.03. The van der Waals surface area contributed by atoms with Gasteiger partial charge in [0.2, 0.25) is 0 Å². The third-order valence-electron chi connectivity index (χ3n) is 7.47. The number of amides is 1. The van der Waals surface area contributed by atoms with E-state index in [0.717, 1.165) is 32.2 Å². The molecule has 3 aromatic carbocycles. The monoisotopic (exact) mass is 635 g/mol. The van der Waals surface area contributed by atoms with E-state index in [9.17, 15) is 22.8 Å². The molecule has 1 aliphatic carbocycles. The van der Waals surface area contributed by atoms with Gasteiger partial charge in [-0.25, -0.2) is 8.42 Å². The lowest BCUT2D eigenvalue weighted by molar-refractivity contribution is 0.0979. The average molecular weight is 636 g/mol. The summed E-state index contributed by atoms with van der Waals surface area (Å²) in [6.45, 7) is 2.96. The summed E-state index contributed by atoms with van der Waals surface area (Å²) in [6.07, 6.45) is 2.77. The topological polar surface area (TPSA) is 137 Å². The van der Waals surface area contributed by atoms with Crippen LogP contribution in [0.2, 0.25) is 0 Å². The molecule has 0 atom stereocenters. The second-order valence-corrected chi connectivity index (χ2v) is 13.6. The lowest BCUT2D eigenvalue weighted by Crippen LogP contribution is -2.26. The number of nitrogens with one attached hydrogen (secondary N) is 3. The average Bonchev–Trinajstić information content (AvgIpc) is 2.99. The van der Waals surface area contributed by atoms with E-state index in [1.165, 1.54) is 43.5 Å². The summed E-state index contributed by atoms with van der Waals surface area (Å²) in [5.41, 5.74) is 2.55. The van der Waals surface area contributed by atoms with Gasteiger partial charge in [0.15, 0.2) is 21.4 Å². The van der Waals surface area contributed by atoms with Crippen LogP contribution in [0.4, 0.5) is 17.1 Å². The van der Waals surface area contributed by atoms with Crippen LogP contribution in [0.25, 0.3) is 0 Å². The third-order valence-corrected chi connectivity index (χ3v) is 8.59. The van der Waals surface area contributed by atoms with Crippen LogP contribution in [-0.4, -0.2) is 103 Å². The first-order valence-electron chi connectivity index (χ1n) is 14.7. The van der Waals surface area contributed by atoms with Gasteiger partial charge in [-0.05, 0) is 96.6 Å². The van der Waals surface area contributed by atoms with E-state index in [4.69, 9.17) is 4.74 Å². The zero-order valence-corrected chi connectivity index (χ0v) is 27.4. The summed E-state index contributed by atoms with van der Waals surface area (Å²) >= 11 is 0. The SMILES string of the molecule is COc1cc(S(C)(=O)=O)ccc1NC(=O)c1ccc2c(c1)C(=O)c1c(NCCCN(C)C)ccc(NCCCN(C)C)c1C2=O. The van der Waals surface area contributed by atoms with E-state index in [1.807, 2.05) is 40.3 Å². The van der Waals surface area contributed by atoms with E-state index in [-0.39, 0.29) is 50.2 Å². The molecular weight excluding hydrogens is 594 g/mol. The summed E-state index contributed by atoms with van der Waals surface area (Å²) in [5, 5.41) is 9.42. The molecule has 0 radical (unpaired) electrons. The van der Waals surface area contributed by atoms with Crippen LogP contribution in [0, 0.1) is 0 Å². The highest BCUT2D eigenvalue weighted by molar-refractivity contribution is 7.90. The largest absolute Gasteiger partial charge is 0.495 e. The van der Waals surface area contributed by atoms with Gasteiger partial charge < -0.3 is 30.5 Å². The fraction of sp³-hybridized carbons (Fsp3) is 0.364. The van der Waals surface area contributed by atoms with Crippen molar-refractivity contribution in [2.75, 3.05) is 83.7 Å². The number of sulfone groups is 1. The highest BCUT2D eigenvalue weighted by atomic mass is 32.2. The number of hydrogen-bond donors (Lipinski definition) is 3. The Morgan fingerprint density at radius 1 is 0.756 bits per heavy atom. The quantitative estimate of drug-likeness (QED) is 0.175. The van der Waals surface area contributed by atoms with Crippen LogP contribution >= 0.6 is 0 Å². The molecule has 11 nitrogen and oxygen atoms in total. The second-order valence-electron chi connectivity index (χ2n) is 11.6. The van der Waals surface area contributed by atoms with E-state index < -0.39 is 15.7 Å². The highest BCUT2D eigenvalue weighted by Gasteiger charge is 2.34. The Kier molecular flexibility index (Phi) is 10.6. The number of fused-ring (bicyclic) bond motifs is 2. The summed E-state index contributed by atoms with van der Waals surface area (Å²) < 4.78 is 29.2. The Morgan fingerprint density at radius 3 is 1.80 bits per heavy atom. The van der Waals surface area contributed by atoms with Crippen molar-refractivity contribution >= 4 is 44.4 Å². The maximum atomic E-state index is 14.1. The van der Waals surface area contributed by atoms with Crippen LogP contribution in [-0.2, 0) is 9.84 Å². The van der Waals surface area contributed by atoms with Gasteiger partial charge in [0, 0.05) is 53.5 Å². The number of rotatable bonds is 14. The molecule has 1 amide bonds. The Hall–Kier alpha value is -4.26. The maximum absolute atomic E-state index is 14.1. The van der Waals surface area contributed by atoms with Gasteiger partial charge in [-0.3, -0.25) is 14.4 Å². The van der Waals surface area contributed by atoms with Crippen molar-refractivity contribution < 1.29 is 27.5 Å². The summed E-state index contributed by atoms with van der Waals surface area (Å²) in [4.78, 5) is 45.6. The number of ketones is 2. The first kappa shape index (κ1) is 33.6. The molecule has 3 N–H and O–H groups in total. The number of carbonyl (C=O) groups excluding carboxylic acids is 3. The van der Waals surface area contributed by atoms with Crippen LogP contribution < -0.4 is 20.7 Å². The van der Waals surface area contributed by atoms with Crippen LogP contribution in [0.5, 0.6) is 5.75 Å². The molecule has 0 spiro atoms. The van der Waals surface area contributed by atoms with Crippen molar-refractivity contribution in [2.45, 2.75) is 17.7 Å². The molecule has 0 bridgehead atoms. The predicted molar refractivity (Wildman–Crippen MR) is 177 cm³/mol. The van der Waals surface area contributed by atoms with Gasteiger partial charge in [0.1, 0.15) is 5.75 Å². The number of benzene rings is 3. The van der Waals surface area contributed by atoms with E-state index in [1.54, 1.807) is 0 Å². The third kappa shape index (κ3) is 7.88. The molecule has 12 heteroatoms. The number of anilines is 3. The Bertz CT molecular complexity index is 1720. The van der Waals surface area contributed by atoms with Gasteiger partial charge >= 0.3 is 0 Å². The highest BCUT2D eigenvalue weighted by Crippen LogP contribution is 2.37. The number of ether oxygens (including phenoxy) is 1. The predicted octanol–water partition coefficient (Wildman–Crippen LogP) is 3.85. The minimum Gasteiger partial charge on any atom is -0.495 e. The van der Waals surface area contributed by atoms with Gasteiger partial charge in [-0.15, -0.1) is 0 Å². The Labute approximate surface area is 264 Å². The van der Waals surface area contributed by atoms with E-state index in [2.05, 4.69) is 25.8 Å². The number of methoxy groups -OCH3 is 1. The fourth-order valence-electron chi connectivity index (χ4n) is 5.15. The van der Waals surface area contributed by atoms with Crippen LogP contribution in [0.15, 0.2) is 53.4 Å². The molecule has 0 aromatic heterocycles. The lowest BCUT2D eigenvalue weighted by atomic mass is 9.81. The van der Waals surface area contributed by atoms with Crippen molar-refractivity contribution in [1.29, 1.82) is 0 Å². The summed E-state index contributed by atoms with van der Waals surface area (Å²) in [7, 11) is 5.87. The minimum atomic E-state index is -3.48. The molecule has 4 rings (SSSR count). The van der Waals surface area contributed by atoms with Crippen molar-refractivity contribution in [1.82, 2.24) is 9.80 Å². The van der Waals surface area contributed by atoms with Crippen molar-refractivity contribution in [3.63, 3.8) is 0 Å². The molecular formula is C33H41N5O6S. The Morgan fingerprint density at radius 2 is 1.29 bits per heavy atom. The molecule has 1 aliphatic rings. The maximum Gasteiger partial charge on any atom is 0.255 e. The second kappa shape index (κ2) is 14.2. The number of hydrogen-bond acceptors (Lipinski definition) is 10. The molecule has 0 fully saturated rings. The van der Waals surface area contributed by atoms with Gasteiger partial charge in [0.05, 0.1) is 28.8 Å². The zero-order valence-electron chi connectivity index (χ0n) is 26.6. The number of carbonyl (C=O) groups is 3. The molecule has 0 aliphatic heterocycles. The molecule has 45 heavy (non-hydrogen) atoms. The van der Waals surface area contributed by atoms with Crippen molar-refractivity contribution in [3.05, 3.63) is 76.3 Å². The first-order chi connectivity index (χ1) is 21.3. The zero-order chi connectivity index (χ0) is 32.9. The normalized spacial score (nSPS) is 12.6. The minimum absolute atomic E-state index is 0.0478. The molecule has 240 valence electrons. The molecule has 0 unspecified atom stereocenters. The number of nitrogens with zero attached hydrogens (tertiary/aromatic N) is 2. The van der Waals surface area contributed by atoms with Crippen molar-refractivity contribution in [2.24, 2.45) is 0 Å². The van der Waals surface area contributed by atoms with E-state index in [0.29, 0.717) is 30.0 Å². The smallest absolute Gasteiger partial charge is 0.255 e. The van der Waals surface area contributed by atoms with Crippen LogP contribution in [0.3, 0.4) is 0 Å². The van der Waals surface area contributed by atoms with Crippen molar-refractivity contribution in [3.8, 4) is 5.75 Å². The first-order valence-corrected chi connectivity index (χ1v) is 16.6. The molecule has 3 aromatic rings. The van der Waals surface area contributed by atoms with E-state index >= 15 is 0 Å². The van der Waals surface area contributed by atoms with Gasteiger partial charge in [-0.2, -0.15) is 0 Å². The molecule has 0 saturated heterocycles. The van der Waals surface area contributed by atoms with Gasteiger partial charge in [0.25, 0.3) is 5.91 Å². The van der Waals surface area contributed by atoms with Crippen LogP contribution in [0.1, 0.15) is 55.0 Å². The van der Waals surface area contributed by atoms with Gasteiger partial charge in [-0.1, -0.05) is 0 Å². The lowest BCUT2D eigenvalue weighted by Gasteiger charge is -2.24. The molecule has 0 heterocycles.